The molecule has 1 aromatic heterocycles. The van der Waals surface area contributed by atoms with E-state index in [1.807, 2.05) is 0 Å². The lowest BCUT2D eigenvalue weighted by Gasteiger charge is -2.37. The van der Waals surface area contributed by atoms with Crippen molar-refractivity contribution < 1.29 is 4.92 Å². The maximum absolute atomic E-state index is 11.4. The number of hydrogen-bond donors (Lipinski definition) is 1. The second-order valence-corrected chi connectivity index (χ2v) is 5.61. The Labute approximate surface area is 119 Å². The van der Waals surface area contributed by atoms with Gasteiger partial charge in [-0.3, -0.25) is 10.1 Å². The second kappa shape index (κ2) is 5.78. The standard InChI is InChI=1S/C13H23N5O2/c1-5-6-17-13(12(18(19)20)11(4)15-17)16-7-9(2)14-10(3)8-16/h9-10,14H,5-8H2,1-4H3. The molecule has 0 amide bonds. The molecule has 7 heteroatoms. The second-order valence-electron chi connectivity index (χ2n) is 5.61. The van der Waals surface area contributed by atoms with Crippen LogP contribution < -0.4 is 10.2 Å². The monoisotopic (exact) mass is 281 g/mol. The lowest BCUT2D eigenvalue weighted by molar-refractivity contribution is -0.384. The van der Waals surface area contributed by atoms with Gasteiger partial charge in [0, 0.05) is 31.7 Å². The molecule has 2 unspecified atom stereocenters. The normalized spacial score (nSPS) is 23.1. The third-order valence-electron chi connectivity index (χ3n) is 3.54. The largest absolute Gasteiger partial charge is 0.348 e. The Morgan fingerprint density at radius 1 is 1.40 bits per heavy atom. The maximum atomic E-state index is 11.4. The van der Waals surface area contributed by atoms with Gasteiger partial charge in [-0.05, 0) is 27.2 Å². The smallest absolute Gasteiger partial charge is 0.333 e. The minimum Gasteiger partial charge on any atom is -0.348 e. The third-order valence-corrected chi connectivity index (χ3v) is 3.54. The van der Waals surface area contributed by atoms with Crippen molar-refractivity contribution in [2.45, 2.75) is 52.7 Å². The summed E-state index contributed by atoms with van der Waals surface area (Å²) in [4.78, 5) is 13.2. The molecule has 1 fully saturated rings. The average Bonchev–Trinajstić information content (AvgIpc) is 2.65. The Morgan fingerprint density at radius 2 is 2.00 bits per heavy atom. The molecule has 20 heavy (non-hydrogen) atoms. The summed E-state index contributed by atoms with van der Waals surface area (Å²) in [5.41, 5.74) is 0.650. The Kier molecular flexibility index (Phi) is 4.27. The fraction of sp³-hybridized carbons (Fsp3) is 0.769. The average molecular weight is 281 g/mol. The summed E-state index contributed by atoms with van der Waals surface area (Å²) in [5.74, 6) is 0.662. The van der Waals surface area contributed by atoms with E-state index >= 15 is 0 Å². The number of nitrogens with zero attached hydrogens (tertiary/aromatic N) is 4. The van der Waals surface area contributed by atoms with Gasteiger partial charge in [0.15, 0.2) is 0 Å². The zero-order valence-electron chi connectivity index (χ0n) is 12.6. The quantitative estimate of drug-likeness (QED) is 0.671. The Morgan fingerprint density at radius 3 is 2.50 bits per heavy atom. The molecule has 0 radical (unpaired) electrons. The van der Waals surface area contributed by atoms with E-state index in [1.165, 1.54) is 0 Å². The van der Waals surface area contributed by atoms with E-state index in [0.717, 1.165) is 19.5 Å². The summed E-state index contributed by atoms with van der Waals surface area (Å²) in [6.07, 6.45) is 0.905. The molecule has 112 valence electrons. The summed E-state index contributed by atoms with van der Waals surface area (Å²) in [6.45, 7) is 10.2. The number of aryl methyl sites for hydroxylation is 2. The highest BCUT2D eigenvalue weighted by Crippen LogP contribution is 2.32. The molecular weight excluding hydrogens is 258 g/mol. The van der Waals surface area contributed by atoms with Gasteiger partial charge < -0.3 is 10.2 Å². The van der Waals surface area contributed by atoms with Crippen molar-refractivity contribution in [3.63, 3.8) is 0 Å². The minimum atomic E-state index is -0.304. The van der Waals surface area contributed by atoms with Crippen LogP contribution in [0.3, 0.4) is 0 Å². The van der Waals surface area contributed by atoms with Crippen LogP contribution in [0.25, 0.3) is 0 Å². The van der Waals surface area contributed by atoms with Gasteiger partial charge in [0.2, 0.25) is 5.82 Å². The predicted octanol–water partition coefficient (Wildman–Crippen LogP) is 1.70. The molecule has 0 spiro atoms. The summed E-state index contributed by atoms with van der Waals surface area (Å²) < 4.78 is 1.79. The van der Waals surface area contributed by atoms with Crippen molar-refractivity contribution in [1.29, 1.82) is 0 Å². The van der Waals surface area contributed by atoms with Crippen LogP contribution in [0.2, 0.25) is 0 Å². The van der Waals surface area contributed by atoms with Gasteiger partial charge >= 0.3 is 5.69 Å². The molecule has 0 bridgehead atoms. The Hall–Kier alpha value is -1.63. The van der Waals surface area contributed by atoms with Crippen LogP contribution >= 0.6 is 0 Å². The summed E-state index contributed by atoms with van der Waals surface area (Å²) in [5, 5.41) is 19.2. The SMILES string of the molecule is CCCn1nc(C)c([N+](=O)[O-])c1N1CC(C)NC(C)C1. The highest BCUT2D eigenvalue weighted by atomic mass is 16.6. The highest BCUT2D eigenvalue weighted by molar-refractivity contribution is 5.61. The molecule has 0 aromatic carbocycles. The molecule has 0 saturated carbocycles. The van der Waals surface area contributed by atoms with E-state index in [-0.39, 0.29) is 10.6 Å². The lowest BCUT2D eigenvalue weighted by Crippen LogP contribution is -2.54. The van der Waals surface area contributed by atoms with Crippen LogP contribution in [-0.4, -0.2) is 39.9 Å². The van der Waals surface area contributed by atoms with Gasteiger partial charge in [-0.2, -0.15) is 5.10 Å². The van der Waals surface area contributed by atoms with Crippen LogP contribution in [0.4, 0.5) is 11.5 Å². The van der Waals surface area contributed by atoms with Crippen molar-refractivity contribution in [3.05, 3.63) is 15.8 Å². The van der Waals surface area contributed by atoms with Crippen molar-refractivity contribution in [2.24, 2.45) is 0 Å². The van der Waals surface area contributed by atoms with Crippen LogP contribution in [0.1, 0.15) is 32.9 Å². The summed E-state index contributed by atoms with van der Waals surface area (Å²) in [7, 11) is 0. The molecule has 1 saturated heterocycles. The van der Waals surface area contributed by atoms with Crippen molar-refractivity contribution in [2.75, 3.05) is 18.0 Å². The molecule has 2 heterocycles. The number of nitrogens with one attached hydrogen (secondary N) is 1. The van der Waals surface area contributed by atoms with E-state index in [9.17, 15) is 10.1 Å². The number of rotatable bonds is 4. The topological polar surface area (TPSA) is 76.2 Å². The van der Waals surface area contributed by atoms with E-state index in [0.29, 0.717) is 30.1 Å². The number of hydrogen-bond acceptors (Lipinski definition) is 5. The molecule has 1 aromatic rings. The molecule has 0 aliphatic carbocycles. The molecular formula is C13H23N5O2. The highest BCUT2D eigenvalue weighted by Gasteiger charge is 2.32. The first-order valence-electron chi connectivity index (χ1n) is 7.16. The summed E-state index contributed by atoms with van der Waals surface area (Å²) in [6, 6.07) is 0.618. The molecule has 7 nitrogen and oxygen atoms in total. The number of anilines is 1. The van der Waals surface area contributed by atoms with Crippen LogP contribution in [0.5, 0.6) is 0 Å². The van der Waals surface area contributed by atoms with Crippen molar-refractivity contribution >= 4 is 11.5 Å². The maximum Gasteiger partial charge on any atom is 0.333 e. The molecule has 1 aliphatic heterocycles. The zero-order chi connectivity index (χ0) is 14.9. The first-order chi connectivity index (χ1) is 9.43. The van der Waals surface area contributed by atoms with Gasteiger partial charge in [-0.15, -0.1) is 0 Å². The summed E-state index contributed by atoms with van der Waals surface area (Å²) >= 11 is 0. The van der Waals surface area contributed by atoms with Crippen molar-refractivity contribution in [3.8, 4) is 0 Å². The first kappa shape index (κ1) is 14.8. The zero-order valence-corrected chi connectivity index (χ0v) is 12.6. The number of nitro groups is 1. The minimum absolute atomic E-state index is 0.153. The molecule has 2 rings (SSSR count). The van der Waals surface area contributed by atoms with Crippen LogP contribution in [0.15, 0.2) is 0 Å². The first-order valence-corrected chi connectivity index (χ1v) is 7.16. The van der Waals surface area contributed by atoms with E-state index in [4.69, 9.17) is 0 Å². The van der Waals surface area contributed by atoms with E-state index < -0.39 is 0 Å². The van der Waals surface area contributed by atoms with E-state index in [1.54, 1.807) is 11.6 Å². The third kappa shape index (κ3) is 2.77. The number of piperazine rings is 1. The van der Waals surface area contributed by atoms with Gasteiger partial charge in [-0.25, -0.2) is 4.68 Å². The molecule has 1 N–H and O–H groups in total. The van der Waals surface area contributed by atoms with Gasteiger partial charge in [0.05, 0.1) is 4.92 Å². The van der Waals surface area contributed by atoms with E-state index in [2.05, 4.69) is 36.1 Å². The van der Waals surface area contributed by atoms with Gasteiger partial charge in [0.25, 0.3) is 0 Å². The van der Waals surface area contributed by atoms with Gasteiger partial charge in [-0.1, -0.05) is 6.92 Å². The van der Waals surface area contributed by atoms with Crippen LogP contribution in [0, 0.1) is 17.0 Å². The molecule has 1 aliphatic rings. The van der Waals surface area contributed by atoms with Crippen molar-refractivity contribution in [1.82, 2.24) is 15.1 Å². The van der Waals surface area contributed by atoms with Gasteiger partial charge in [0.1, 0.15) is 5.69 Å². The Bertz CT molecular complexity index is 489. The molecule has 2 atom stereocenters. The number of aromatic nitrogens is 2. The fourth-order valence-corrected chi connectivity index (χ4v) is 2.95. The van der Waals surface area contributed by atoms with Crippen LogP contribution in [-0.2, 0) is 6.54 Å². The Balaban J connectivity index is 2.44. The predicted molar refractivity (Wildman–Crippen MR) is 78.2 cm³/mol. The lowest BCUT2D eigenvalue weighted by atomic mass is 10.1. The fourth-order valence-electron chi connectivity index (χ4n) is 2.95.